The molecule has 25 heavy (non-hydrogen) atoms. The van der Waals surface area contributed by atoms with Crippen LogP contribution in [0.15, 0.2) is 40.5 Å². The van der Waals surface area contributed by atoms with Crippen molar-refractivity contribution in [1.82, 2.24) is 15.1 Å². The molecule has 0 radical (unpaired) electrons. The summed E-state index contributed by atoms with van der Waals surface area (Å²) in [6.07, 6.45) is 2.01. The highest BCUT2D eigenvalue weighted by molar-refractivity contribution is 7.10. The number of thiophene rings is 1. The Hall–Kier alpha value is -2.47. The van der Waals surface area contributed by atoms with Crippen molar-refractivity contribution < 1.29 is 4.79 Å². The Kier molecular flexibility index (Phi) is 4.13. The molecule has 2 aromatic heterocycles. The number of aromatic nitrogens is 2. The maximum absolute atomic E-state index is 13.0. The zero-order valence-electron chi connectivity index (χ0n) is 14.0. The third-order valence-electron chi connectivity index (χ3n) is 4.90. The number of amides is 1. The van der Waals surface area contributed by atoms with E-state index in [0.717, 1.165) is 24.8 Å². The topological polar surface area (TPSA) is 66.1 Å². The Balaban J connectivity index is 1.65. The van der Waals surface area contributed by atoms with E-state index < -0.39 is 0 Å². The Labute approximate surface area is 149 Å². The third kappa shape index (κ3) is 2.76. The van der Waals surface area contributed by atoms with Gasteiger partial charge in [0.05, 0.1) is 23.5 Å². The number of carbonyl (C=O) groups is 1. The van der Waals surface area contributed by atoms with Gasteiger partial charge >= 0.3 is 0 Å². The number of aromatic amines is 1. The zero-order chi connectivity index (χ0) is 17.4. The molecule has 0 aliphatic carbocycles. The van der Waals surface area contributed by atoms with Crippen LogP contribution in [0, 0.1) is 0 Å². The molecule has 1 aromatic carbocycles. The van der Waals surface area contributed by atoms with E-state index >= 15 is 0 Å². The van der Waals surface area contributed by atoms with Crippen LogP contribution in [0.4, 0.5) is 0 Å². The molecule has 1 aliphatic heterocycles. The molecule has 4 rings (SSSR count). The second-order valence-corrected chi connectivity index (χ2v) is 7.28. The van der Waals surface area contributed by atoms with Gasteiger partial charge in [-0.05, 0) is 35.9 Å². The lowest BCUT2D eigenvalue weighted by Gasteiger charge is -2.35. The van der Waals surface area contributed by atoms with Crippen molar-refractivity contribution in [2.24, 2.45) is 0 Å². The van der Waals surface area contributed by atoms with Crippen LogP contribution >= 0.6 is 11.3 Å². The number of carbonyl (C=O) groups excluding carboxylic acids is 1. The molecule has 1 atom stereocenters. The van der Waals surface area contributed by atoms with E-state index in [1.165, 1.54) is 10.4 Å². The van der Waals surface area contributed by atoms with Crippen LogP contribution in [0.3, 0.4) is 0 Å². The van der Waals surface area contributed by atoms with Crippen molar-refractivity contribution in [2.75, 3.05) is 6.54 Å². The number of rotatable bonds is 3. The van der Waals surface area contributed by atoms with Gasteiger partial charge in [0.25, 0.3) is 5.56 Å². The van der Waals surface area contributed by atoms with E-state index in [2.05, 4.69) is 28.6 Å². The monoisotopic (exact) mass is 353 g/mol. The minimum atomic E-state index is -0.223. The summed E-state index contributed by atoms with van der Waals surface area (Å²) in [4.78, 5) is 28.3. The number of H-pyrrole nitrogens is 1. The van der Waals surface area contributed by atoms with Crippen molar-refractivity contribution >= 4 is 28.0 Å². The number of fused-ring (bicyclic) bond motifs is 2. The molecule has 3 heterocycles. The summed E-state index contributed by atoms with van der Waals surface area (Å²) >= 11 is 1.78. The molecular formula is C19H19N3O2S. The first-order chi connectivity index (χ1) is 12.2. The van der Waals surface area contributed by atoms with E-state index in [9.17, 15) is 9.59 Å². The molecule has 1 N–H and O–H groups in total. The quantitative estimate of drug-likeness (QED) is 0.787. The Bertz CT molecular complexity index is 991. The lowest BCUT2D eigenvalue weighted by atomic mass is 9.97. The maximum Gasteiger partial charge on any atom is 0.272 e. The molecule has 0 spiro atoms. The Morgan fingerprint density at radius 2 is 2.12 bits per heavy atom. The van der Waals surface area contributed by atoms with Gasteiger partial charge in [0.1, 0.15) is 0 Å². The number of hydrogen-bond acceptors (Lipinski definition) is 4. The van der Waals surface area contributed by atoms with Gasteiger partial charge < -0.3 is 4.90 Å². The molecule has 128 valence electrons. The van der Waals surface area contributed by atoms with Crippen LogP contribution in [-0.2, 0) is 17.6 Å². The van der Waals surface area contributed by atoms with E-state index in [4.69, 9.17) is 0 Å². The molecule has 0 saturated carbocycles. The van der Waals surface area contributed by atoms with Gasteiger partial charge in [-0.3, -0.25) is 9.59 Å². The van der Waals surface area contributed by atoms with Crippen molar-refractivity contribution in [2.45, 2.75) is 32.2 Å². The van der Waals surface area contributed by atoms with Gasteiger partial charge in [0, 0.05) is 16.8 Å². The fraction of sp³-hybridized carbons (Fsp3) is 0.316. The van der Waals surface area contributed by atoms with Crippen LogP contribution < -0.4 is 5.56 Å². The smallest absolute Gasteiger partial charge is 0.272 e. The highest BCUT2D eigenvalue weighted by atomic mass is 32.1. The average Bonchev–Trinajstić information content (AvgIpc) is 3.12. The second kappa shape index (κ2) is 6.44. The van der Waals surface area contributed by atoms with E-state index in [0.29, 0.717) is 11.1 Å². The van der Waals surface area contributed by atoms with Gasteiger partial charge in [0.15, 0.2) is 0 Å². The molecule has 0 saturated heterocycles. The summed E-state index contributed by atoms with van der Waals surface area (Å²) in [5, 5.41) is 10.1. The normalized spacial score (nSPS) is 16.8. The van der Waals surface area contributed by atoms with Crippen LogP contribution in [0.1, 0.15) is 35.5 Å². The standard InChI is InChI=1S/C19H19N3O2S/c1-2-16-14-8-10-25-17(14)7-9-22(16)18(23)11-15-12-5-3-4-6-13(12)19(24)21-20-15/h3-6,8,10,16H,2,7,9,11H2,1H3,(H,21,24). The highest BCUT2D eigenvalue weighted by Crippen LogP contribution is 2.35. The zero-order valence-corrected chi connectivity index (χ0v) is 14.8. The van der Waals surface area contributed by atoms with E-state index in [1.54, 1.807) is 17.4 Å². The summed E-state index contributed by atoms with van der Waals surface area (Å²) < 4.78 is 0. The van der Waals surface area contributed by atoms with Crippen LogP contribution in [0.25, 0.3) is 10.8 Å². The first-order valence-corrected chi connectivity index (χ1v) is 9.39. The van der Waals surface area contributed by atoms with Crippen LogP contribution in [0.5, 0.6) is 0 Å². The van der Waals surface area contributed by atoms with Crippen LogP contribution in [0.2, 0.25) is 0 Å². The van der Waals surface area contributed by atoms with Crippen molar-refractivity contribution in [3.05, 3.63) is 62.2 Å². The minimum absolute atomic E-state index is 0.0633. The summed E-state index contributed by atoms with van der Waals surface area (Å²) in [5.74, 6) is 0.0633. The first kappa shape index (κ1) is 16.0. The number of nitrogens with zero attached hydrogens (tertiary/aromatic N) is 2. The first-order valence-electron chi connectivity index (χ1n) is 8.51. The fourth-order valence-corrected chi connectivity index (χ4v) is 4.61. The summed E-state index contributed by atoms with van der Waals surface area (Å²) in [7, 11) is 0. The van der Waals surface area contributed by atoms with Crippen molar-refractivity contribution in [3.63, 3.8) is 0 Å². The summed E-state index contributed by atoms with van der Waals surface area (Å²) in [5.41, 5.74) is 1.69. The van der Waals surface area contributed by atoms with Gasteiger partial charge in [-0.25, -0.2) is 5.10 Å². The van der Waals surface area contributed by atoms with Gasteiger partial charge in [-0.2, -0.15) is 5.10 Å². The molecule has 3 aromatic rings. The molecule has 0 bridgehead atoms. The molecule has 1 amide bonds. The number of hydrogen-bond donors (Lipinski definition) is 1. The maximum atomic E-state index is 13.0. The predicted molar refractivity (Wildman–Crippen MR) is 98.8 cm³/mol. The fourth-order valence-electron chi connectivity index (χ4n) is 3.69. The number of benzene rings is 1. The molecule has 1 unspecified atom stereocenters. The summed E-state index contributed by atoms with van der Waals surface area (Å²) in [6, 6.07) is 9.57. The van der Waals surface area contributed by atoms with Crippen LogP contribution in [-0.4, -0.2) is 27.5 Å². The predicted octanol–water partition coefficient (Wildman–Crippen LogP) is 3.06. The largest absolute Gasteiger partial charge is 0.335 e. The van der Waals surface area contributed by atoms with E-state index in [1.807, 2.05) is 23.1 Å². The lowest BCUT2D eigenvalue weighted by molar-refractivity contribution is -0.133. The summed E-state index contributed by atoms with van der Waals surface area (Å²) in [6.45, 7) is 2.86. The Morgan fingerprint density at radius 1 is 1.32 bits per heavy atom. The molecule has 1 aliphatic rings. The molecular weight excluding hydrogens is 334 g/mol. The lowest BCUT2D eigenvalue weighted by Crippen LogP contribution is -2.40. The average molecular weight is 353 g/mol. The second-order valence-electron chi connectivity index (χ2n) is 6.28. The Morgan fingerprint density at radius 3 is 2.92 bits per heavy atom. The van der Waals surface area contributed by atoms with Gasteiger partial charge in [-0.1, -0.05) is 25.1 Å². The van der Waals surface area contributed by atoms with Gasteiger partial charge in [-0.15, -0.1) is 11.3 Å². The van der Waals surface area contributed by atoms with E-state index in [-0.39, 0.29) is 23.9 Å². The molecule has 0 fully saturated rings. The van der Waals surface area contributed by atoms with Crippen molar-refractivity contribution in [1.29, 1.82) is 0 Å². The molecule has 5 nitrogen and oxygen atoms in total. The van der Waals surface area contributed by atoms with Gasteiger partial charge in [0.2, 0.25) is 5.91 Å². The molecule has 6 heteroatoms. The van der Waals surface area contributed by atoms with Crippen molar-refractivity contribution in [3.8, 4) is 0 Å². The third-order valence-corrected chi connectivity index (χ3v) is 5.89. The highest BCUT2D eigenvalue weighted by Gasteiger charge is 2.30. The SMILES string of the molecule is CCC1c2ccsc2CCN1C(=O)Cc1n[nH]c(=O)c2ccccc12. The minimum Gasteiger partial charge on any atom is -0.335 e. The number of nitrogens with one attached hydrogen (secondary N) is 1.